The van der Waals surface area contributed by atoms with Crippen LogP contribution < -0.4 is 16.1 Å². The number of aromatic nitrogens is 4. The Morgan fingerprint density at radius 1 is 1.00 bits per heavy atom. The molecule has 2 aromatic heterocycles. The summed E-state index contributed by atoms with van der Waals surface area (Å²) in [7, 11) is 1.61. The van der Waals surface area contributed by atoms with E-state index in [0.29, 0.717) is 48.9 Å². The van der Waals surface area contributed by atoms with E-state index < -0.39 is 11.2 Å². The zero-order valence-electron chi connectivity index (χ0n) is 19.5. The lowest BCUT2D eigenvalue weighted by Gasteiger charge is -2.35. The van der Waals surface area contributed by atoms with Gasteiger partial charge in [0.05, 0.1) is 0 Å². The van der Waals surface area contributed by atoms with Gasteiger partial charge in [-0.1, -0.05) is 60.7 Å². The highest BCUT2D eigenvalue weighted by atomic mass is 19.1. The first-order valence-corrected chi connectivity index (χ1v) is 11.6. The molecule has 0 unspecified atom stereocenters. The van der Waals surface area contributed by atoms with Gasteiger partial charge in [-0.3, -0.25) is 19.2 Å². The Labute approximate surface area is 201 Å². The predicted octanol–water partition coefficient (Wildman–Crippen LogP) is 2.60. The van der Waals surface area contributed by atoms with Crippen LogP contribution >= 0.6 is 0 Å². The van der Waals surface area contributed by atoms with E-state index in [9.17, 15) is 14.0 Å². The Balaban J connectivity index is 1.42. The van der Waals surface area contributed by atoms with E-state index in [1.54, 1.807) is 13.1 Å². The first kappa shape index (κ1) is 22.8. The molecule has 35 heavy (non-hydrogen) atoms. The van der Waals surface area contributed by atoms with Crippen LogP contribution in [0, 0.1) is 5.82 Å². The molecule has 0 atom stereocenters. The highest BCUT2D eigenvalue weighted by molar-refractivity contribution is 5.74. The molecular weight excluding hydrogens is 447 g/mol. The smallest absolute Gasteiger partial charge is 0.329 e. The van der Waals surface area contributed by atoms with Crippen molar-refractivity contribution < 1.29 is 4.39 Å². The summed E-state index contributed by atoms with van der Waals surface area (Å²) < 4.78 is 17.3. The lowest BCUT2D eigenvalue weighted by atomic mass is 10.2. The summed E-state index contributed by atoms with van der Waals surface area (Å²) >= 11 is 0. The highest BCUT2D eigenvalue weighted by Crippen LogP contribution is 2.22. The van der Waals surface area contributed by atoms with Gasteiger partial charge in [0.2, 0.25) is 5.95 Å². The number of fused-ring (bicyclic) bond motifs is 1. The van der Waals surface area contributed by atoms with Gasteiger partial charge >= 0.3 is 5.69 Å². The maximum atomic E-state index is 14.1. The van der Waals surface area contributed by atoms with Crippen LogP contribution in [0.2, 0.25) is 0 Å². The Morgan fingerprint density at radius 2 is 1.71 bits per heavy atom. The molecule has 0 saturated carbocycles. The van der Waals surface area contributed by atoms with Crippen molar-refractivity contribution in [3.8, 4) is 0 Å². The average molecular weight is 475 g/mol. The second-order valence-electron chi connectivity index (χ2n) is 8.68. The quantitative estimate of drug-likeness (QED) is 0.465. The first-order valence-electron chi connectivity index (χ1n) is 11.6. The number of nitrogens with zero attached hydrogens (tertiary/aromatic N) is 5. The maximum absolute atomic E-state index is 14.1. The number of hydrogen-bond donors (Lipinski definition) is 1. The molecule has 1 saturated heterocycles. The van der Waals surface area contributed by atoms with E-state index in [4.69, 9.17) is 4.98 Å². The molecule has 0 bridgehead atoms. The Bertz CT molecular complexity index is 1480. The number of H-pyrrole nitrogens is 1. The number of benzene rings is 2. The summed E-state index contributed by atoms with van der Waals surface area (Å²) in [4.78, 5) is 36.4. The minimum Gasteiger partial charge on any atom is -0.340 e. The number of rotatable bonds is 6. The van der Waals surface area contributed by atoms with Crippen LogP contribution in [-0.4, -0.2) is 50.2 Å². The number of piperazine rings is 1. The van der Waals surface area contributed by atoms with E-state index in [1.165, 1.54) is 10.6 Å². The molecule has 3 heterocycles. The Morgan fingerprint density at radius 3 is 2.46 bits per heavy atom. The van der Waals surface area contributed by atoms with Crippen LogP contribution in [0.4, 0.5) is 10.3 Å². The average Bonchev–Trinajstić information content (AvgIpc) is 3.25. The fraction of sp³-hybridized carbons (Fsp3) is 0.269. The molecule has 1 N–H and O–H groups in total. The van der Waals surface area contributed by atoms with Crippen molar-refractivity contribution >= 4 is 23.2 Å². The van der Waals surface area contributed by atoms with Gasteiger partial charge < -0.3 is 9.47 Å². The van der Waals surface area contributed by atoms with Crippen LogP contribution in [0.15, 0.2) is 70.3 Å². The number of anilines is 1. The van der Waals surface area contributed by atoms with E-state index in [1.807, 2.05) is 59.2 Å². The summed E-state index contributed by atoms with van der Waals surface area (Å²) in [6, 6.07) is 16.8. The van der Waals surface area contributed by atoms with Crippen molar-refractivity contribution in [2.24, 2.45) is 7.05 Å². The van der Waals surface area contributed by atoms with E-state index in [2.05, 4.69) is 14.8 Å². The molecule has 1 aliphatic rings. The number of halogens is 1. The fourth-order valence-corrected chi connectivity index (χ4v) is 4.47. The van der Waals surface area contributed by atoms with Gasteiger partial charge in [-0.2, -0.15) is 4.98 Å². The third-order valence-electron chi connectivity index (χ3n) is 6.39. The number of hydrogen-bond acceptors (Lipinski definition) is 5. The predicted molar refractivity (Wildman–Crippen MR) is 135 cm³/mol. The zero-order chi connectivity index (χ0) is 24.4. The van der Waals surface area contributed by atoms with Crippen molar-refractivity contribution in [2.75, 3.05) is 31.1 Å². The second kappa shape index (κ2) is 9.71. The SMILES string of the molecule is Cn1c(=O)[nH]c(=O)c2c1nc(N1CCN(Cc3ccccc3F)CC1)n2CC=Cc1ccccc1. The third-order valence-corrected chi connectivity index (χ3v) is 6.39. The minimum absolute atomic E-state index is 0.193. The molecule has 5 rings (SSSR count). The summed E-state index contributed by atoms with van der Waals surface area (Å²) in [5.74, 6) is 0.456. The molecule has 0 radical (unpaired) electrons. The zero-order valence-corrected chi connectivity index (χ0v) is 19.5. The highest BCUT2D eigenvalue weighted by Gasteiger charge is 2.25. The summed E-state index contributed by atoms with van der Waals surface area (Å²) in [5, 5.41) is 0. The van der Waals surface area contributed by atoms with Crippen molar-refractivity contribution in [1.29, 1.82) is 0 Å². The third kappa shape index (κ3) is 4.67. The number of imidazole rings is 1. The van der Waals surface area contributed by atoms with Gasteiger partial charge in [0.1, 0.15) is 5.82 Å². The van der Waals surface area contributed by atoms with Crippen molar-refractivity contribution in [3.63, 3.8) is 0 Å². The van der Waals surface area contributed by atoms with Crippen molar-refractivity contribution in [2.45, 2.75) is 13.1 Å². The standard InChI is InChI=1S/C26H27FN6O2/c1-30-23-22(24(34)29-26(30)35)33(13-7-10-19-8-3-2-4-9-19)25(28-23)32-16-14-31(15-17-32)18-20-11-5-6-12-21(20)27/h2-12H,13-18H2,1H3,(H,29,34,35). The normalized spacial score (nSPS) is 14.9. The summed E-state index contributed by atoms with van der Waals surface area (Å²) in [6.07, 6.45) is 3.98. The molecule has 9 heteroatoms. The molecule has 8 nitrogen and oxygen atoms in total. The largest absolute Gasteiger partial charge is 0.340 e. The summed E-state index contributed by atoms with van der Waals surface area (Å²) in [6.45, 7) is 3.78. The molecule has 0 spiro atoms. The molecule has 4 aromatic rings. The molecule has 1 fully saturated rings. The lowest BCUT2D eigenvalue weighted by molar-refractivity contribution is 0.245. The van der Waals surface area contributed by atoms with Gasteiger partial charge in [-0.05, 0) is 11.6 Å². The minimum atomic E-state index is -0.492. The van der Waals surface area contributed by atoms with Crippen LogP contribution in [0.3, 0.4) is 0 Å². The molecule has 180 valence electrons. The monoisotopic (exact) mass is 474 g/mol. The van der Waals surface area contributed by atoms with Gasteiger partial charge in [0.25, 0.3) is 5.56 Å². The Kier molecular flexibility index (Phi) is 6.33. The van der Waals surface area contributed by atoms with E-state index in [-0.39, 0.29) is 5.82 Å². The van der Waals surface area contributed by atoms with Crippen molar-refractivity contribution in [1.82, 2.24) is 24.0 Å². The molecule has 1 aliphatic heterocycles. The molecule has 0 aliphatic carbocycles. The molecule has 0 amide bonds. The van der Waals surface area contributed by atoms with Crippen LogP contribution in [-0.2, 0) is 20.1 Å². The van der Waals surface area contributed by atoms with Gasteiger partial charge in [-0.15, -0.1) is 0 Å². The van der Waals surface area contributed by atoms with Gasteiger partial charge in [0, 0.05) is 51.9 Å². The topological polar surface area (TPSA) is 79.2 Å². The number of allylic oxidation sites excluding steroid dienone is 1. The maximum Gasteiger partial charge on any atom is 0.329 e. The molecular formula is C26H27FN6O2. The fourth-order valence-electron chi connectivity index (χ4n) is 4.47. The second-order valence-corrected chi connectivity index (χ2v) is 8.68. The van der Waals surface area contributed by atoms with Crippen molar-refractivity contribution in [3.05, 3.63) is 98.5 Å². The number of nitrogens with one attached hydrogen (secondary N) is 1. The molecule has 2 aromatic carbocycles. The lowest BCUT2D eigenvalue weighted by Crippen LogP contribution is -2.47. The van der Waals surface area contributed by atoms with Crippen LogP contribution in [0.25, 0.3) is 17.2 Å². The summed E-state index contributed by atoms with van der Waals surface area (Å²) in [5.41, 5.74) is 1.52. The van der Waals surface area contributed by atoms with E-state index in [0.717, 1.165) is 18.7 Å². The first-order chi connectivity index (χ1) is 17.0. The van der Waals surface area contributed by atoms with Gasteiger partial charge in [0.15, 0.2) is 11.2 Å². The Hall–Kier alpha value is -3.98. The van der Waals surface area contributed by atoms with Gasteiger partial charge in [-0.25, -0.2) is 9.18 Å². The van der Waals surface area contributed by atoms with Crippen LogP contribution in [0.1, 0.15) is 11.1 Å². The number of aryl methyl sites for hydroxylation is 1. The van der Waals surface area contributed by atoms with Crippen LogP contribution in [0.5, 0.6) is 0 Å². The van der Waals surface area contributed by atoms with E-state index >= 15 is 0 Å². The number of aromatic amines is 1.